The summed E-state index contributed by atoms with van der Waals surface area (Å²) < 4.78 is 6.93. The van der Waals surface area contributed by atoms with Crippen LogP contribution in [0.25, 0.3) is 5.82 Å². The summed E-state index contributed by atoms with van der Waals surface area (Å²) in [5.41, 5.74) is 1.10. The Morgan fingerprint density at radius 3 is 2.60 bits per heavy atom. The first-order chi connectivity index (χ1) is 14.7. The summed E-state index contributed by atoms with van der Waals surface area (Å²) in [5.74, 6) is 2.45. The van der Waals surface area contributed by atoms with Crippen molar-refractivity contribution in [3.63, 3.8) is 0 Å². The number of para-hydroxylation sites is 1. The van der Waals surface area contributed by atoms with Crippen molar-refractivity contribution in [2.24, 2.45) is 5.92 Å². The molecule has 1 saturated heterocycles. The van der Waals surface area contributed by atoms with Gasteiger partial charge in [0.15, 0.2) is 11.6 Å². The third-order valence-corrected chi connectivity index (χ3v) is 5.37. The fraction of sp³-hybridized carbons (Fsp3) is 0.381. The van der Waals surface area contributed by atoms with Gasteiger partial charge in [-0.25, -0.2) is 9.67 Å². The largest absolute Gasteiger partial charge is 0.496 e. The monoisotopic (exact) mass is 407 g/mol. The number of rotatable bonds is 7. The lowest BCUT2D eigenvalue weighted by Gasteiger charge is -2.31. The lowest BCUT2D eigenvalue weighted by atomic mass is 9.96. The first-order valence-electron chi connectivity index (χ1n) is 10.1. The van der Waals surface area contributed by atoms with Crippen LogP contribution in [0.1, 0.15) is 18.4 Å². The average Bonchev–Trinajstić information content (AvgIpc) is 3.35. The number of hydrogen-bond acceptors (Lipinski definition) is 7. The Morgan fingerprint density at radius 1 is 1.13 bits per heavy atom. The summed E-state index contributed by atoms with van der Waals surface area (Å²) in [4.78, 5) is 18.6. The highest BCUT2D eigenvalue weighted by molar-refractivity contribution is 5.79. The predicted octanol–water partition coefficient (Wildman–Crippen LogP) is 1.64. The molecule has 0 saturated carbocycles. The lowest BCUT2D eigenvalue weighted by molar-refractivity contribution is -0.125. The van der Waals surface area contributed by atoms with E-state index in [0.29, 0.717) is 12.4 Å². The molecule has 4 rings (SSSR count). The van der Waals surface area contributed by atoms with Crippen LogP contribution in [-0.2, 0) is 11.2 Å². The second kappa shape index (κ2) is 9.34. The van der Waals surface area contributed by atoms with Gasteiger partial charge in [-0.05, 0) is 43.0 Å². The molecule has 1 N–H and O–H groups in total. The molecular weight excluding hydrogens is 382 g/mol. The molecule has 30 heavy (non-hydrogen) atoms. The predicted molar refractivity (Wildman–Crippen MR) is 112 cm³/mol. The maximum absolute atomic E-state index is 12.6. The molecule has 0 spiro atoms. The number of nitrogens with one attached hydrogen (secondary N) is 1. The van der Waals surface area contributed by atoms with Crippen LogP contribution >= 0.6 is 0 Å². The van der Waals surface area contributed by atoms with Gasteiger partial charge in [-0.2, -0.15) is 5.10 Å². The number of methoxy groups -OCH3 is 1. The quantitative estimate of drug-likeness (QED) is 0.636. The van der Waals surface area contributed by atoms with Crippen molar-refractivity contribution in [3.8, 4) is 11.6 Å². The van der Waals surface area contributed by atoms with Gasteiger partial charge < -0.3 is 15.0 Å². The first-order valence-corrected chi connectivity index (χ1v) is 10.1. The topological polar surface area (TPSA) is 98.1 Å². The summed E-state index contributed by atoms with van der Waals surface area (Å²) in [6.07, 6.45) is 5.39. The number of amides is 1. The van der Waals surface area contributed by atoms with Gasteiger partial charge in [0.25, 0.3) is 0 Å². The minimum Gasteiger partial charge on any atom is -0.496 e. The van der Waals surface area contributed by atoms with E-state index in [9.17, 15) is 4.79 Å². The third kappa shape index (κ3) is 4.56. The van der Waals surface area contributed by atoms with Crippen LogP contribution in [0, 0.1) is 5.92 Å². The normalized spacial score (nSPS) is 14.5. The van der Waals surface area contributed by atoms with E-state index in [1.165, 1.54) is 6.33 Å². The van der Waals surface area contributed by atoms with Crippen molar-refractivity contribution in [3.05, 3.63) is 54.6 Å². The van der Waals surface area contributed by atoms with Gasteiger partial charge in [-0.3, -0.25) is 4.79 Å². The Kier molecular flexibility index (Phi) is 6.17. The van der Waals surface area contributed by atoms with E-state index in [4.69, 9.17) is 4.74 Å². The molecule has 0 bridgehead atoms. The molecule has 0 unspecified atom stereocenters. The Bertz CT molecular complexity index is 952. The third-order valence-electron chi connectivity index (χ3n) is 5.37. The second-order valence-electron chi connectivity index (χ2n) is 7.20. The Balaban J connectivity index is 1.24. The van der Waals surface area contributed by atoms with Crippen LogP contribution in [0.2, 0.25) is 0 Å². The molecule has 0 radical (unpaired) electrons. The van der Waals surface area contributed by atoms with Crippen molar-refractivity contribution in [1.29, 1.82) is 0 Å². The summed E-state index contributed by atoms with van der Waals surface area (Å²) in [6.45, 7) is 2.17. The van der Waals surface area contributed by atoms with Crippen LogP contribution in [0.5, 0.6) is 5.75 Å². The summed E-state index contributed by atoms with van der Waals surface area (Å²) >= 11 is 0. The van der Waals surface area contributed by atoms with Crippen molar-refractivity contribution in [2.75, 3.05) is 31.6 Å². The highest BCUT2D eigenvalue weighted by Crippen LogP contribution is 2.22. The molecule has 0 atom stereocenters. The molecule has 1 fully saturated rings. The summed E-state index contributed by atoms with van der Waals surface area (Å²) in [6, 6.07) is 11.7. The number of ether oxygens (including phenoxy) is 1. The minimum absolute atomic E-state index is 0.0290. The van der Waals surface area contributed by atoms with E-state index in [1.807, 2.05) is 36.4 Å². The highest BCUT2D eigenvalue weighted by Gasteiger charge is 2.25. The van der Waals surface area contributed by atoms with E-state index >= 15 is 0 Å². The Labute approximate surface area is 175 Å². The number of nitrogens with zero attached hydrogens (tertiary/aromatic N) is 6. The van der Waals surface area contributed by atoms with Gasteiger partial charge >= 0.3 is 0 Å². The van der Waals surface area contributed by atoms with E-state index in [1.54, 1.807) is 18.1 Å². The molecule has 1 amide bonds. The van der Waals surface area contributed by atoms with Gasteiger partial charge in [0, 0.05) is 25.6 Å². The fourth-order valence-corrected chi connectivity index (χ4v) is 3.68. The summed E-state index contributed by atoms with van der Waals surface area (Å²) in [5, 5.41) is 15.6. The van der Waals surface area contributed by atoms with Gasteiger partial charge in [0.2, 0.25) is 5.91 Å². The zero-order valence-corrected chi connectivity index (χ0v) is 16.9. The molecule has 0 aliphatic carbocycles. The van der Waals surface area contributed by atoms with Gasteiger partial charge in [-0.1, -0.05) is 18.2 Å². The number of piperidine rings is 1. The van der Waals surface area contributed by atoms with Crippen LogP contribution < -0.4 is 15.0 Å². The van der Waals surface area contributed by atoms with Crippen molar-refractivity contribution in [2.45, 2.75) is 19.3 Å². The van der Waals surface area contributed by atoms with Gasteiger partial charge in [-0.15, -0.1) is 10.2 Å². The fourth-order valence-electron chi connectivity index (χ4n) is 3.68. The second-order valence-corrected chi connectivity index (χ2v) is 7.20. The first kappa shape index (κ1) is 19.8. The van der Waals surface area contributed by atoms with E-state index < -0.39 is 0 Å². The highest BCUT2D eigenvalue weighted by atomic mass is 16.5. The molecule has 1 aromatic carbocycles. The molecule has 3 heterocycles. The van der Waals surface area contributed by atoms with E-state index in [-0.39, 0.29) is 11.8 Å². The molecule has 156 valence electrons. The Morgan fingerprint density at radius 2 is 1.90 bits per heavy atom. The number of carbonyl (C=O) groups is 1. The van der Waals surface area contributed by atoms with E-state index in [0.717, 1.165) is 49.5 Å². The number of aromatic nitrogens is 5. The molecule has 2 aromatic heterocycles. The molecule has 3 aromatic rings. The molecular formula is C21H25N7O2. The zero-order valence-electron chi connectivity index (χ0n) is 16.9. The molecule has 1 aliphatic rings. The average molecular weight is 407 g/mol. The smallest absolute Gasteiger partial charge is 0.223 e. The van der Waals surface area contributed by atoms with Gasteiger partial charge in [0.1, 0.15) is 18.4 Å². The standard InChI is InChI=1S/C21H25N7O2/c1-30-18-5-3-2-4-16(18)8-11-23-21(29)17-9-12-27(13-10-17)19-6-7-20(26-25-19)28-15-22-14-24-28/h2-7,14-15,17H,8-13H2,1H3,(H,23,29). The van der Waals surface area contributed by atoms with Crippen molar-refractivity contribution < 1.29 is 9.53 Å². The number of anilines is 1. The molecule has 9 nitrogen and oxygen atoms in total. The maximum atomic E-state index is 12.6. The minimum atomic E-state index is 0.0290. The van der Waals surface area contributed by atoms with Crippen LogP contribution in [0.3, 0.4) is 0 Å². The van der Waals surface area contributed by atoms with Crippen molar-refractivity contribution in [1.82, 2.24) is 30.3 Å². The maximum Gasteiger partial charge on any atom is 0.223 e. The van der Waals surface area contributed by atoms with E-state index in [2.05, 4.69) is 30.5 Å². The number of hydrogen-bond donors (Lipinski definition) is 1. The van der Waals surface area contributed by atoms with Crippen LogP contribution in [-0.4, -0.2) is 57.6 Å². The SMILES string of the molecule is COc1ccccc1CCNC(=O)C1CCN(c2ccc(-n3cncn3)nn2)CC1. The number of carbonyl (C=O) groups excluding carboxylic acids is 1. The summed E-state index contributed by atoms with van der Waals surface area (Å²) in [7, 11) is 1.66. The van der Waals surface area contributed by atoms with Gasteiger partial charge in [0.05, 0.1) is 7.11 Å². The Hall–Kier alpha value is -3.49. The lowest BCUT2D eigenvalue weighted by Crippen LogP contribution is -2.41. The van der Waals surface area contributed by atoms with Crippen LogP contribution in [0.4, 0.5) is 5.82 Å². The van der Waals surface area contributed by atoms with Crippen molar-refractivity contribution >= 4 is 11.7 Å². The molecule has 1 aliphatic heterocycles. The zero-order chi connectivity index (χ0) is 20.8. The van der Waals surface area contributed by atoms with Crippen LogP contribution in [0.15, 0.2) is 49.1 Å². The molecule has 9 heteroatoms. The number of benzene rings is 1.